The first-order valence-electron chi connectivity index (χ1n) is 9.66. The molecule has 1 aliphatic rings. The average Bonchev–Trinajstić information content (AvgIpc) is 3.10. The van der Waals surface area contributed by atoms with E-state index in [1.807, 2.05) is 29.8 Å². The highest BCUT2D eigenvalue weighted by Crippen LogP contribution is 2.23. The molecule has 1 N–H and O–H groups in total. The van der Waals surface area contributed by atoms with Crippen LogP contribution in [0.15, 0.2) is 30.3 Å². The maximum atomic E-state index is 12.5. The van der Waals surface area contributed by atoms with Gasteiger partial charge in [0.05, 0.1) is 25.0 Å². The molecule has 0 aliphatic carbocycles. The third kappa shape index (κ3) is 4.95. The number of benzene rings is 1. The van der Waals surface area contributed by atoms with Gasteiger partial charge in [-0.1, -0.05) is 37.3 Å². The molecule has 1 aliphatic heterocycles. The van der Waals surface area contributed by atoms with Crippen molar-refractivity contribution in [3.8, 4) is 0 Å². The monoisotopic (exact) mass is 401 g/mol. The zero-order chi connectivity index (χ0) is 19.9. The zero-order valence-electron chi connectivity index (χ0n) is 16.4. The summed E-state index contributed by atoms with van der Waals surface area (Å²) < 4.78 is 6.83. The molecule has 6 nitrogen and oxygen atoms in total. The van der Waals surface area contributed by atoms with Crippen molar-refractivity contribution < 1.29 is 14.3 Å². The van der Waals surface area contributed by atoms with Gasteiger partial charge in [0.2, 0.25) is 5.91 Å². The molecule has 2 aromatic rings. The van der Waals surface area contributed by atoms with E-state index < -0.39 is 0 Å². The van der Waals surface area contributed by atoms with Crippen molar-refractivity contribution in [3.05, 3.63) is 52.8 Å². The quantitative estimate of drug-likeness (QED) is 0.688. The number of carbonyl (C=O) groups excluding carboxylic acids is 2. The SMILES string of the molecule is COC(=O)c1c(CNC(=O)C(C)CSCc2ccccc2)nn2c1CCCC2. The van der Waals surface area contributed by atoms with E-state index in [4.69, 9.17) is 4.74 Å². The summed E-state index contributed by atoms with van der Waals surface area (Å²) in [6.07, 6.45) is 2.91. The molecule has 3 rings (SSSR count). The molecule has 0 saturated carbocycles. The Bertz CT molecular complexity index is 820. The van der Waals surface area contributed by atoms with Crippen LogP contribution in [0.2, 0.25) is 0 Å². The molecule has 0 spiro atoms. The van der Waals surface area contributed by atoms with E-state index in [1.165, 1.54) is 12.7 Å². The fraction of sp³-hybridized carbons (Fsp3) is 0.476. The lowest BCUT2D eigenvalue weighted by Crippen LogP contribution is -2.30. The number of nitrogens with zero attached hydrogens (tertiary/aromatic N) is 2. The summed E-state index contributed by atoms with van der Waals surface area (Å²) in [6.45, 7) is 2.98. The highest BCUT2D eigenvalue weighted by Gasteiger charge is 2.26. The number of rotatable bonds is 8. The Morgan fingerprint density at radius 1 is 1.29 bits per heavy atom. The molecule has 0 bridgehead atoms. The zero-order valence-corrected chi connectivity index (χ0v) is 17.3. The number of thioether (sulfide) groups is 1. The summed E-state index contributed by atoms with van der Waals surface area (Å²) >= 11 is 1.74. The number of methoxy groups -OCH3 is 1. The van der Waals surface area contributed by atoms with Gasteiger partial charge < -0.3 is 10.1 Å². The van der Waals surface area contributed by atoms with E-state index in [9.17, 15) is 9.59 Å². The fourth-order valence-corrected chi connectivity index (χ4v) is 4.41. The number of hydrogen-bond donors (Lipinski definition) is 1. The Balaban J connectivity index is 1.55. The van der Waals surface area contributed by atoms with Crippen LogP contribution in [0.25, 0.3) is 0 Å². The maximum absolute atomic E-state index is 12.5. The number of amides is 1. The highest BCUT2D eigenvalue weighted by molar-refractivity contribution is 7.98. The number of esters is 1. The maximum Gasteiger partial charge on any atom is 0.341 e. The van der Waals surface area contributed by atoms with Crippen LogP contribution in [-0.2, 0) is 34.8 Å². The molecule has 28 heavy (non-hydrogen) atoms. The summed E-state index contributed by atoms with van der Waals surface area (Å²) in [6, 6.07) is 10.2. The number of aryl methyl sites for hydroxylation is 1. The Hall–Kier alpha value is -2.28. The Morgan fingerprint density at radius 3 is 2.82 bits per heavy atom. The summed E-state index contributed by atoms with van der Waals surface area (Å²) in [7, 11) is 1.38. The Morgan fingerprint density at radius 2 is 2.07 bits per heavy atom. The minimum Gasteiger partial charge on any atom is -0.465 e. The lowest BCUT2D eigenvalue weighted by atomic mass is 10.0. The first-order valence-corrected chi connectivity index (χ1v) is 10.8. The van der Waals surface area contributed by atoms with Gasteiger partial charge in [-0.2, -0.15) is 16.9 Å². The molecular formula is C21H27N3O3S. The molecule has 2 heterocycles. The number of carbonyl (C=O) groups is 2. The van der Waals surface area contributed by atoms with E-state index in [-0.39, 0.29) is 24.3 Å². The third-order valence-electron chi connectivity index (χ3n) is 4.91. The first-order chi connectivity index (χ1) is 13.6. The van der Waals surface area contributed by atoms with Crippen molar-refractivity contribution in [1.82, 2.24) is 15.1 Å². The summed E-state index contributed by atoms with van der Waals surface area (Å²) in [5, 5.41) is 7.49. The predicted molar refractivity (Wildman–Crippen MR) is 110 cm³/mol. The molecule has 1 aromatic heterocycles. The number of aromatic nitrogens is 2. The lowest BCUT2D eigenvalue weighted by Gasteiger charge is -2.13. The number of nitrogens with one attached hydrogen (secondary N) is 1. The smallest absolute Gasteiger partial charge is 0.341 e. The van der Waals surface area contributed by atoms with Crippen LogP contribution < -0.4 is 5.32 Å². The fourth-order valence-electron chi connectivity index (χ4n) is 3.35. The normalized spacial score (nSPS) is 14.2. The van der Waals surface area contributed by atoms with Crippen LogP contribution in [0.3, 0.4) is 0 Å². The standard InChI is InChI=1S/C21H27N3O3S/c1-15(13-28-14-16-8-4-3-5-9-16)20(25)22-12-17-19(21(26)27-2)18-10-6-7-11-24(18)23-17/h3-5,8-9,15H,6-7,10-14H2,1-2H3,(H,22,25). The second-order valence-electron chi connectivity index (χ2n) is 7.06. The van der Waals surface area contributed by atoms with Gasteiger partial charge in [-0.15, -0.1) is 0 Å². The van der Waals surface area contributed by atoms with Crippen molar-refractivity contribution in [2.24, 2.45) is 5.92 Å². The largest absolute Gasteiger partial charge is 0.465 e. The molecule has 150 valence electrons. The highest BCUT2D eigenvalue weighted by atomic mass is 32.2. The van der Waals surface area contributed by atoms with Gasteiger partial charge in [-0.25, -0.2) is 4.79 Å². The Labute approximate surface area is 170 Å². The molecule has 0 radical (unpaired) electrons. The van der Waals surface area contributed by atoms with Crippen LogP contribution in [0, 0.1) is 5.92 Å². The van der Waals surface area contributed by atoms with Crippen LogP contribution >= 0.6 is 11.8 Å². The van der Waals surface area contributed by atoms with Crippen LogP contribution in [0.1, 0.15) is 47.1 Å². The average molecular weight is 402 g/mol. The van der Waals surface area contributed by atoms with Crippen LogP contribution in [0.5, 0.6) is 0 Å². The van der Waals surface area contributed by atoms with E-state index in [2.05, 4.69) is 22.5 Å². The minimum absolute atomic E-state index is 0.0256. The minimum atomic E-state index is -0.376. The molecule has 7 heteroatoms. The molecule has 0 saturated heterocycles. The van der Waals surface area contributed by atoms with E-state index in [0.717, 1.165) is 43.0 Å². The van der Waals surface area contributed by atoms with Crippen LogP contribution in [-0.4, -0.2) is 34.5 Å². The van der Waals surface area contributed by atoms with Gasteiger partial charge in [0, 0.05) is 24.0 Å². The molecular weight excluding hydrogens is 374 g/mol. The second-order valence-corrected chi connectivity index (χ2v) is 8.09. The van der Waals surface area contributed by atoms with Crippen molar-refractivity contribution in [1.29, 1.82) is 0 Å². The number of hydrogen-bond acceptors (Lipinski definition) is 5. The number of ether oxygens (including phenoxy) is 1. The third-order valence-corrected chi connectivity index (χ3v) is 6.18. The molecule has 0 fully saturated rings. The van der Waals surface area contributed by atoms with Crippen molar-refractivity contribution >= 4 is 23.6 Å². The lowest BCUT2D eigenvalue weighted by molar-refractivity contribution is -0.124. The van der Waals surface area contributed by atoms with Crippen LogP contribution in [0.4, 0.5) is 0 Å². The number of fused-ring (bicyclic) bond motifs is 1. The topological polar surface area (TPSA) is 73.2 Å². The molecule has 1 unspecified atom stereocenters. The van der Waals surface area contributed by atoms with Crippen molar-refractivity contribution in [2.45, 2.75) is 45.0 Å². The molecule has 1 amide bonds. The second kappa shape index (κ2) is 9.78. The van der Waals surface area contributed by atoms with Crippen molar-refractivity contribution in [3.63, 3.8) is 0 Å². The van der Waals surface area contributed by atoms with Gasteiger partial charge in [-0.3, -0.25) is 9.48 Å². The van der Waals surface area contributed by atoms with E-state index >= 15 is 0 Å². The van der Waals surface area contributed by atoms with Gasteiger partial charge in [-0.05, 0) is 24.8 Å². The summed E-state index contributed by atoms with van der Waals surface area (Å²) in [5.41, 5.74) is 3.30. The predicted octanol–water partition coefficient (Wildman–Crippen LogP) is 3.19. The first kappa shape index (κ1) is 20.5. The summed E-state index contributed by atoms with van der Waals surface area (Å²) in [4.78, 5) is 24.7. The molecule has 1 aromatic carbocycles. The van der Waals surface area contributed by atoms with E-state index in [0.29, 0.717) is 11.3 Å². The molecule has 1 atom stereocenters. The summed E-state index contributed by atoms with van der Waals surface area (Å²) in [5.74, 6) is 1.11. The van der Waals surface area contributed by atoms with Crippen molar-refractivity contribution in [2.75, 3.05) is 12.9 Å². The van der Waals surface area contributed by atoms with Gasteiger partial charge >= 0.3 is 5.97 Å². The van der Waals surface area contributed by atoms with Gasteiger partial charge in [0.25, 0.3) is 0 Å². The van der Waals surface area contributed by atoms with Gasteiger partial charge in [0.15, 0.2) is 0 Å². The Kier molecular flexibility index (Phi) is 7.14. The van der Waals surface area contributed by atoms with Gasteiger partial charge in [0.1, 0.15) is 5.56 Å². The van der Waals surface area contributed by atoms with E-state index in [1.54, 1.807) is 11.8 Å².